The molecule has 162 valence electrons. The van der Waals surface area contributed by atoms with Crippen LogP contribution in [0.25, 0.3) is 10.6 Å². The first-order chi connectivity index (χ1) is 15.5. The number of aromatic nitrogens is 1. The van der Waals surface area contributed by atoms with Gasteiger partial charge in [0, 0.05) is 33.8 Å². The number of amides is 1. The van der Waals surface area contributed by atoms with Gasteiger partial charge in [0.1, 0.15) is 34.6 Å². The second kappa shape index (κ2) is 9.80. The van der Waals surface area contributed by atoms with Gasteiger partial charge in [0.2, 0.25) is 0 Å². The van der Waals surface area contributed by atoms with E-state index >= 15 is 0 Å². The fourth-order valence-electron chi connectivity index (χ4n) is 2.95. The van der Waals surface area contributed by atoms with Gasteiger partial charge >= 0.3 is 0 Å². The van der Waals surface area contributed by atoms with E-state index in [-0.39, 0.29) is 18.2 Å². The molecule has 0 aliphatic rings. The molecule has 8 heteroatoms. The van der Waals surface area contributed by atoms with E-state index in [2.05, 4.69) is 10.3 Å². The molecule has 0 atom stereocenters. The summed E-state index contributed by atoms with van der Waals surface area (Å²) < 4.78 is 25.5. The van der Waals surface area contributed by atoms with Crippen molar-refractivity contribution in [2.45, 2.75) is 6.61 Å². The van der Waals surface area contributed by atoms with Crippen LogP contribution in [0.1, 0.15) is 16.1 Å². The van der Waals surface area contributed by atoms with Crippen molar-refractivity contribution in [3.8, 4) is 22.1 Å². The summed E-state index contributed by atoms with van der Waals surface area (Å²) in [5.74, 6) is 0.144. The van der Waals surface area contributed by atoms with Crippen LogP contribution in [0.3, 0.4) is 0 Å². The lowest BCUT2D eigenvalue weighted by Gasteiger charge is -2.08. The van der Waals surface area contributed by atoms with E-state index in [0.717, 1.165) is 5.56 Å². The minimum absolute atomic E-state index is 0.202. The highest BCUT2D eigenvalue weighted by atomic mass is 35.5. The smallest absolute Gasteiger partial charge is 0.275 e. The number of ether oxygens (including phenoxy) is 2. The number of hydrogen-bond donors (Lipinski definition) is 1. The number of nitrogens with zero attached hydrogens (tertiary/aromatic N) is 1. The molecule has 1 amide bonds. The van der Waals surface area contributed by atoms with Crippen LogP contribution < -0.4 is 14.8 Å². The van der Waals surface area contributed by atoms with Gasteiger partial charge in [0.15, 0.2) is 0 Å². The van der Waals surface area contributed by atoms with Crippen LogP contribution in [0.15, 0.2) is 72.1 Å². The Morgan fingerprint density at radius 3 is 2.72 bits per heavy atom. The van der Waals surface area contributed by atoms with Crippen molar-refractivity contribution in [1.82, 2.24) is 4.98 Å². The molecule has 0 fully saturated rings. The van der Waals surface area contributed by atoms with Crippen molar-refractivity contribution < 1.29 is 18.7 Å². The van der Waals surface area contributed by atoms with E-state index in [4.69, 9.17) is 21.1 Å². The molecule has 0 unspecified atom stereocenters. The van der Waals surface area contributed by atoms with Crippen LogP contribution in [-0.4, -0.2) is 18.0 Å². The maximum absolute atomic E-state index is 14.7. The number of anilines is 1. The van der Waals surface area contributed by atoms with E-state index in [0.29, 0.717) is 32.8 Å². The van der Waals surface area contributed by atoms with E-state index in [9.17, 15) is 9.18 Å². The van der Waals surface area contributed by atoms with Crippen molar-refractivity contribution >= 4 is 34.5 Å². The Morgan fingerprint density at radius 2 is 1.94 bits per heavy atom. The Morgan fingerprint density at radius 1 is 1.09 bits per heavy atom. The van der Waals surface area contributed by atoms with Crippen molar-refractivity contribution in [1.29, 1.82) is 0 Å². The minimum Gasteiger partial charge on any atom is -0.497 e. The van der Waals surface area contributed by atoms with Crippen LogP contribution in [0, 0.1) is 5.82 Å². The summed E-state index contributed by atoms with van der Waals surface area (Å²) in [5.41, 5.74) is 1.96. The van der Waals surface area contributed by atoms with Crippen molar-refractivity contribution in [3.63, 3.8) is 0 Å². The molecule has 4 aromatic rings. The molecule has 0 spiro atoms. The summed E-state index contributed by atoms with van der Waals surface area (Å²) in [6.45, 7) is 0.269. The zero-order valence-corrected chi connectivity index (χ0v) is 18.5. The molecule has 3 aromatic carbocycles. The Hall–Kier alpha value is -3.42. The highest BCUT2D eigenvalue weighted by molar-refractivity contribution is 7.13. The Bertz CT molecular complexity index is 1260. The molecule has 1 aromatic heterocycles. The molecular formula is C24H18ClFN2O3S. The van der Waals surface area contributed by atoms with Crippen molar-refractivity contribution in [3.05, 3.63) is 94.2 Å². The molecule has 1 heterocycles. The highest BCUT2D eigenvalue weighted by Gasteiger charge is 2.15. The number of hydrogen-bond acceptors (Lipinski definition) is 5. The lowest BCUT2D eigenvalue weighted by atomic mass is 10.2. The average molecular weight is 469 g/mol. The Labute approximate surface area is 193 Å². The summed E-state index contributed by atoms with van der Waals surface area (Å²) in [5, 5.41) is 5.37. The standard InChI is InChI=1S/C24H18ClFN2O3S/c1-30-18-7-3-6-17(11-18)27-23(29)22-14-32-24(28-22)20-9-8-19(12-21(20)26)31-13-15-4-2-5-16(25)10-15/h2-12,14H,13H2,1H3,(H,27,29). The summed E-state index contributed by atoms with van der Waals surface area (Å²) >= 11 is 7.16. The Kier molecular flexibility index (Phi) is 6.68. The van der Waals surface area contributed by atoms with Gasteiger partial charge in [-0.2, -0.15) is 0 Å². The van der Waals surface area contributed by atoms with Gasteiger partial charge in [-0.05, 0) is 42.0 Å². The van der Waals surface area contributed by atoms with E-state index in [1.165, 1.54) is 17.4 Å². The number of methoxy groups -OCH3 is 1. The molecule has 0 bridgehead atoms. The summed E-state index contributed by atoms with van der Waals surface area (Å²) in [6.07, 6.45) is 0. The van der Waals surface area contributed by atoms with Gasteiger partial charge < -0.3 is 14.8 Å². The van der Waals surface area contributed by atoms with Gasteiger partial charge in [0.25, 0.3) is 5.91 Å². The Balaban J connectivity index is 1.44. The fraction of sp³-hybridized carbons (Fsp3) is 0.0833. The quantitative estimate of drug-likeness (QED) is 0.339. The van der Waals surface area contributed by atoms with E-state index < -0.39 is 5.82 Å². The normalized spacial score (nSPS) is 10.6. The summed E-state index contributed by atoms with van der Waals surface area (Å²) in [4.78, 5) is 16.8. The number of carbonyl (C=O) groups is 1. The van der Waals surface area contributed by atoms with Crippen molar-refractivity contribution in [2.24, 2.45) is 0 Å². The molecule has 0 saturated carbocycles. The zero-order valence-electron chi connectivity index (χ0n) is 17.0. The first-order valence-corrected chi connectivity index (χ1v) is 10.9. The third-order valence-corrected chi connectivity index (χ3v) is 5.64. The molecule has 0 aliphatic heterocycles. The van der Waals surface area contributed by atoms with Gasteiger partial charge in [-0.15, -0.1) is 11.3 Å². The third kappa shape index (κ3) is 5.25. The molecule has 32 heavy (non-hydrogen) atoms. The van der Waals surface area contributed by atoms with Crippen molar-refractivity contribution in [2.75, 3.05) is 12.4 Å². The van der Waals surface area contributed by atoms with Crippen LogP contribution in [0.5, 0.6) is 11.5 Å². The lowest BCUT2D eigenvalue weighted by Crippen LogP contribution is -2.12. The number of carbonyl (C=O) groups excluding carboxylic acids is 1. The summed E-state index contributed by atoms with van der Waals surface area (Å²) in [7, 11) is 1.55. The van der Waals surface area contributed by atoms with Gasteiger partial charge in [-0.1, -0.05) is 29.8 Å². The number of rotatable bonds is 7. The average Bonchev–Trinajstić information content (AvgIpc) is 3.28. The van der Waals surface area contributed by atoms with Crippen LogP contribution in [0.2, 0.25) is 5.02 Å². The molecule has 5 nitrogen and oxygen atoms in total. The predicted octanol–water partition coefficient (Wildman–Crippen LogP) is 6.44. The number of halogens is 2. The minimum atomic E-state index is -0.484. The molecule has 0 aliphatic carbocycles. The van der Waals surface area contributed by atoms with Gasteiger partial charge in [-0.25, -0.2) is 9.37 Å². The lowest BCUT2D eigenvalue weighted by molar-refractivity contribution is 0.102. The molecule has 0 saturated heterocycles. The van der Waals surface area contributed by atoms with E-state index in [1.807, 2.05) is 12.1 Å². The maximum Gasteiger partial charge on any atom is 0.275 e. The third-order valence-electron chi connectivity index (χ3n) is 4.53. The molecule has 0 radical (unpaired) electrons. The maximum atomic E-state index is 14.7. The molecular weight excluding hydrogens is 451 g/mol. The fourth-order valence-corrected chi connectivity index (χ4v) is 3.99. The van der Waals surface area contributed by atoms with E-state index in [1.54, 1.807) is 61.0 Å². The van der Waals surface area contributed by atoms with Gasteiger partial charge in [-0.3, -0.25) is 4.79 Å². The SMILES string of the molecule is COc1cccc(NC(=O)c2csc(-c3ccc(OCc4cccc(Cl)c4)cc3F)n2)c1. The zero-order chi connectivity index (χ0) is 22.5. The largest absolute Gasteiger partial charge is 0.497 e. The molecule has 4 rings (SSSR count). The van der Waals surface area contributed by atoms with Gasteiger partial charge in [0.05, 0.1) is 7.11 Å². The second-order valence-electron chi connectivity index (χ2n) is 6.78. The number of thiazole rings is 1. The topological polar surface area (TPSA) is 60.5 Å². The highest BCUT2D eigenvalue weighted by Crippen LogP contribution is 2.30. The summed E-state index contributed by atoms with van der Waals surface area (Å²) in [6, 6.07) is 18.8. The predicted molar refractivity (Wildman–Crippen MR) is 124 cm³/mol. The molecule has 1 N–H and O–H groups in total. The first-order valence-electron chi connectivity index (χ1n) is 9.60. The second-order valence-corrected chi connectivity index (χ2v) is 8.08. The van der Waals surface area contributed by atoms with Crippen LogP contribution in [0.4, 0.5) is 10.1 Å². The van der Waals surface area contributed by atoms with Crippen LogP contribution >= 0.6 is 22.9 Å². The number of benzene rings is 3. The monoisotopic (exact) mass is 468 g/mol. The first kappa shape index (κ1) is 21.8. The number of nitrogens with one attached hydrogen (secondary N) is 1. The van der Waals surface area contributed by atoms with Crippen LogP contribution in [-0.2, 0) is 6.61 Å².